The van der Waals surface area contributed by atoms with Crippen molar-refractivity contribution < 1.29 is 0 Å². The van der Waals surface area contributed by atoms with Crippen LogP contribution in [-0.2, 0) is 0 Å². The normalized spacial score (nSPS) is 22.9. The molecule has 2 N–H and O–H groups in total. The van der Waals surface area contributed by atoms with Crippen LogP contribution >= 0.6 is 0 Å². The summed E-state index contributed by atoms with van der Waals surface area (Å²) < 4.78 is 0. The molecule has 0 aromatic rings. The van der Waals surface area contributed by atoms with Gasteiger partial charge in [-0.15, -0.1) is 0 Å². The smallest absolute Gasteiger partial charge is 0.0165 e. The summed E-state index contributed by atoms with van der Waals surface area (Å²) >= 11 is 0. The summed E-state index contributed by atoms with van der Waals surface area (Å²) in [7, 11) is 2.06. The minimum absolute atomic E-state index is 0.390. The second kappa shape index (κ2) is 3.11. The van der Waals surface area contributed by atoms with Gasteiger partial charge in [-0.3, -0.25) is 0 Å². The van der Waals surface area contributed by atoms with Crippen LogP contribution in [0.1, 0.15) is 20.8 Å². The lowest BCUT2D eigenvalue weighted by molar-refractivity contribution is 0.156. The zero-order valence-electron chi connectivity index (χ0n) is 8.07. The maximum absolute atomic E-state index is 3.40. The second-order valence-corrected chi connectivity index (χ2v) is 4.55. The highest BCUT2D eigenvalue weighted by Crippen LogP contribution is 2.26. The van der Waals surface area contributed by atoms with E-state index in [4.69, 9.17) is 0 Å². The topological polar surface area (TPSA) is 24.1 Å². The third-order valence-electron chi connectivity index (χ3n) is 2.53. The first-order valence-electron chi connectivity index (χ1n) is 4.43. The van der Waals surface area contributed by atoms with Gasteiger partial charge in [0.15, 0.2) is 0 Å². The Morgan fingerprint density at radius 2 is 1.91 bits per heavy atom. The highest BCUT2D eigenvalue weighted by molar-refractivity contribution is 4.92. The minimum Gasteiger partial charge on any atom is -0.316 e. The first-order valence-corrected chi connectivity index (χ1v) is 4.43. The van der Waals surface area contributed by atoms with E-state index in [0.29, 0.717) is 11.5 Å². The van der Waals surface area contributed by atoms with Crippen LogP contribution in [0.3, 0.4) is 0 Å². The van der Waals surface area contributed by atoms with Crippen molar-refractivity contribution in [3.8, 4) is 0 Å². The van der Waals surface area contributed by atoms with Crippen LogP contribution in [0.4, 0.5) is 0 Å². The van der Waals surface area contributed by atoms with Gasteiger partial charge in [0, 0.05) is 19.1 Å². The Hall–Kier alpha value is -0.0800. The fourth-order valence-corrected chi connectivity index (χ4v) is 1.92. The van der Waals surface area contributed by atoms with Crippen LogP contribution in [0, 0.1) is 11.3 Å². The molecule has 0 radical (unpaired) electrons. The van der Waals surface area contributed by atoms with Gasteiger partial charge in [-0.2, -0.15) is 0 Å². The fraction of sp³-hybridized carbons (Fsp3) is 1.00. The molecule has 2 nitrogen and oxygen atoms in total. The molecule has 0 aromatic heterocycles. The summed E-state index contributed by atoms with van der Waals surface area (Å²) in [6.45, 7) is 9.26. The van der Waals surface area contributed by atoms with Gasteiger partial charge in [-0.1, -0.05) is 20.8 Å². The van der Waals surface area contributed by atoms with Gasteiger partial charge in [0.2, 0.25) is 0 Å². The van der Waals surface area contributed by atoms with Gasteiger partial charge < -0.3 is 10.6 Å². The zero-order valence-corrected chi connectivity index (χ0v) is 8.07. The molecule has 0 spiro atoms. The van der Waals surface area contributed by atoms with Crippen LogP contribution in [-0.4, -0.2) is 26.2 Å². The van der Waals surface area contributed by atoms with Gasteiger partial charge in [0.1, 0.15) is 0 Å². The van der Waals surface area contributed by atoms with Gasteiger partial charge in [-0.25, -0.2) is 0 Å². The Bertz CT molecular complexity index is 122. The Labute approximate surface area is 69.8 Å². The number of nitrogens with one attached hydrogen (secondary N) is 2. The second-order valence-electron chi connectivity index (χ2n) is 4.55. The van der Waals surface area contributed by atoms with Gasteiger partial charge in [0.25, 0.3) is 0 Å². The molecule has 0 amide bonds. The molecule has 11 heavy (non-hydrogen) atoms. The molecule has 66 valence electrons. The van der Waals surface area contributed by atoms with Crippen molar-refractivity contribution in [1.82, 2.24) is 10.6 Å². The van der Waals surface area contributed by atoms with E-state index in [1.54, 1.807) is 0 Å². The van der Waals surface area contributed by atoms with E-state index in [2.05, 4.69) is 38.5 Å². The molecule has 1 aliphatic rings. The molecule has 1 rings (SSSR count). The summed E-state index contributed by atoms with van der Waals surface area (Å²) in [5.74, 6) is 0.833. The summed E-state index contributed by atoms with van der Waals surface area (Å²) in [4.78, 5) is 0. The summed E-state index contributed by atoms with van der Waals surface area (Å²) in [5.41, 5.74) is 0.390. The summed E-state index contributed by atoms with van der Waals surface area (Å²) in [6.07, 6.45) is 0. The third-order valence-corrected chi connectivity index (χ3v) is 2.53. The lowest BCUT2D eigenvalue weighted by atomic mass is 9.76. The van der Waals surface area contributed by atoms with Crippen molar-refractivity contribution >= 4 is 0 Å². The molecule has 1 saturated heterocycles. The first-order chi connectivity index (χ1) is 5.05. The van der Waals surface area contributed by atoms with Gasteiger partial charge in [0.05, 0.1) is 0 Å². The van der Waals surface area contributed by atoms with E-state index in [9.17, 15) is 0 Å². The molecule has 1 aliphatic heterocycles. The van der Waals surface area contributed by atoms with E-state index in [-0.39, 0.29) is 0 Å². The van der Waals surface area contributed by atoms with E-state index in [1.165, 1.54) is 13.1 Å². The van der Waals surface area contributed by atoms with Crippen LogP contribution in [0.5, 0.6) is 0 Å². The van der Waals surface area contributed by atoms with E-state index >= 15 is 0 Å². The number of rotatable bonds is 2. The lowest BCUT2D eigenvalue weighted by Gasteiger charge is -2.42. The van der Waals surface area contributed by atoms with E-state index in [0.717, 1.165) is 5.92 Å². The van der Waals surface area contributed by atoms with Crippen LogP contribution in [0.15, 0.2) is 0 Å². The Balaban J connectivity index is 2.48. The van der Waals surface area contributed by atoms with Crippen LogP contribution < -0.4 is 10.6 Å². The summed E-state index contributed by atoms with van der Waals surface area (Å²) in [5, 5.41) is 6.71. The maximum atomic E-state index is 3.40. The standard InChI is InChI=1S/C9H20N2/c1-9(2,3)8(10-4)7-5-11-6-7/h7-8,10-11H,5-6H2,1-4H3. The SMILES string of the molecule is CNC(C1CNC1)C(C)(C)C. The molecular weight excluding hydrogens is 136 g/mol. The molecule has 1 unspecified atom stereocenters. The van der Waals surface area contributed by atoms with Crippen molar-refractivity contribution in [3.63, 3.8) is 0 Å². The van der Waals surface area contributed by atoms with Crippen molar-refractivity contribution in [1.29, 1.82) is 0 Å². The molecule has 1 heterocycles. The average molecular weight is 156 g/mol. The molecule has 0 aromatic carbocycles. The summed E-state index contributed by atoms with van der Waals surface area (Å²) in [6, 6.07) is 0.656. The van der Waals surface area contributed by atoms with E-state index in [1.807, 2.05) is 0 Å². The molecule has 2 heteroatoms. The fourth-order valence-electron chi connectivity index (χ4n) is 1.92. The molecule has 0 aliphatic carbocycles. The molecule has 0 bridgehead atoms. The van der Waals surface area contributed by atoms with Gasteiger partial charge >= 0.3 is 0 Å². The van der Waals surface area contributed by atoms with Crippen molar-refractivity contribution in [2.24, 2.45) is 11.3 Å². The molecule has 0 saturated carbocycles. The Morgan fingerprint density at radius 1 is 1.36 bits per heavy atom. The van der Waals surface area contributed by atoms with Crippen LogP contribution in [0.25, 0.3) is 0 Å². The first kappa shape index (κ1) is 9.01. The quantitative estimate of drug-likeness (QED) is 0.619. The predicted molar refractivity (Wildman–Crippen MR) is 48.7 cm³/mol. The predicted octanol–water partition coefficient (Wildman–Crippen LogP) is 0.840. The lowest BCUT2D eigenvalue weighted by Crippen LogP contribution is -2.57. The maximum Gasteiger partial charge on any atom is 0.0165 e. The zero-order chi connectivity index (χ0) is 8.48. The number of hydrogen-bond donors (Lipinski definition) is 2. The Kier molecular flexibility index (Phi) is 2.55. The molecule has 1 atom stereocenters. The van der Waals surface area contributed by atoms with Gasteiger partial charge in [-0.05, 0) is 18.4 Å². The minimum atomic E-state index is 0.390. The van der Waals surface area contributed by atoms with Crippen molar-refractivity contribution in [2.45, 2.75) is 26.8 Å². The van der Waals surface area contributed by atoms with E-state index < -0.39 is 0 Å². The highest BCUT2D eigenvalue weighted by Gasteiger charge is 2.33. The highest BCUT2D eigenvalue weighted by atomic mass is 15.0. The van der Waals surface area contributed by atoms with Crippen molar-refractivity contribution in [2.75, 3.05) is 20.1 Å². The third kappa shape index (κ3) is 1.94. The van der Waals surface area contributed by atoms with Crippen molar-refractivity contribution in [3.05, 3.63) is 0 Å². The molecular formula is C9H20N2. The van der Waals surface area contributed by atoms with Crippen LogP contribution in [0.2, 0.25) is 0 Å². The molecule has 1 fully saturated rings. The Morgan fingerprint density at radius 3 is 2.00 bits per heavy atom. The monoisotopic (exact) mass is 156 g/mol. The largest absolute Gasteiger partial charge is 0.316 e. The number of hydrogen-bond acceptors (Lipinski definition) is 2. The average Bonchev–Trinajstić information content (AvgIpc) is 1.74.